The van der Waals surface area contributed by atoms with Crippen molar-refractivity contribution in [2.45, 2.75) is 6.23 Å². The summed E-state index contributed by atoms with van der Waals surface area (Å²) in [5.74, 6) is -1.03. The van der Waals surface area contributed by atoms with Crippen LogP contribution in [-0.4, -0.2) is 75.7 Å². The van der Waals surface area contributed by atoms with Crippen molar-refractivity contribution in [3.8, 4) is 0 Å². The van der Waals surface area contributed by atoms with Gasteiger partial charge in [-0.15, -0.1) is 0 Å². The van der Waals surface area contributed by atoms with Gasteiger partial charge in [-0.3, -0.25) is 10.5 Å². The van der Waals surface area contributed by atoms with Crippen LogP contribution in [0.15, 0.2) is 36.5 Å². The molecule has 0 saturated carbocycles. The van der Waals surface area contributed by atoms with Crippen molar-refractivity contribution in [2.24, 2.45) is 5.73 Å². The summed E-state index contributed by atoms with van der Waals surface area (Å²) in [5.41, 5.74) is 5.61. The van der Waals surface area contributed by atoms with Crippen LogP contribution in [0.25, 0.3) is 0 Å². The number of carbonyl (C=O) groups excluding carboxylic acids is 2. The average molecular weight is 324 g/mol. The third kappa shape index (κ3) is 14.7. The predicted octanol–water partition coefficient (Wildman–Crippen LogP) is -0.278. The molecule has 0 saturated heterocycles. The molecule has 0 aromatic carbocycles. The number of hydrogen-bond donors (Lipinski definition) is 2. The molecule has 0 aliphatic heterocycles. The van der Waals surface area contributed by atoms with Gasteiger partial charge in [-0.25, -0.2) is 4.79 Å². The lowest BCUT2D eigenvalue weighted by atomic mass is 10.4. The largest absolute Gasteiger partial charge is 0.440 e. The maximum atomic E-state index is 11.5. The summed E-state index contributed by atoms with van der Waals surface area (Å²) in [4.78, 5) is 26.9. The van der Waals surface area contributed by atoms with Crippen molar-refractivity contribution < 1.29 is 14.3 Å². The summed E-state index contributed by atoms with van der Waals surface area (Å²) in [6.07, 6.45) is 8.52. The number of likely N-dealkylation sites (N-methyl/N-ethyl adjacent to an activating group) is 2. The van der Waals surface area contributed by atoms with Crippen LogP contribution in [0, 0.1) is 0 Å². The third-order valence-electron chi connectivity index (χ3n) is 2.45. The topological polar surface area (TPSA) is 87.9 Å². The van der Waals surface area contributed by atoms with E-state index in [1.165, 1.54) is 0 Å². The van der Waals surface area contributed by atoms with E-state index in [-0.39, 0.29) is 5.91 Å². The minimum atomic E-state index is -0.830. The number of esters is 1. The minimum absolute atomic E-state index is 0.367. The van der Waals surface area contributed by atoms with Gasteiger partial charge >= 0.3 is 5.97 Å². The Morgan fingerprint density at radius 1 is 1.04 bits per heavy atom. The predicted molar refractivity (Wildman–Crippen MR) is 91.6 cm³/mol. The van der Waals surface area contributed by atoms with E-state index in [1.54, 1.807) is 12.2 Å². The lowest BCUT2D eigenvalue weighted by Gasteiger charge is -2.08. The summed E-state index contributed by atoms with van der Waals surface area (Å²) in [7, 11) is 7.74. The molecule has 1 atom stereocenters. The molecule has 0 aliphatic carbocycles. The molecular formula is C16H28N4O3. The highest BCUT2D eigenvalue weighted by Crippen LogP contribution is 1.90. The molecule has 0 heterocycles. The van der Waals surface area contributed by atoms with E-state index in [0.29, 0.717) is 13.1 Å². The van der Waals surface area contributed by atoms with Crippen LogP contribution in [0.5, 0.6) is 0 Å². The number of hydrogen-bond acceptors (Lipinski definition) is 6. The quantitative estimate of drug-likeness (QED) is 0.249. The number of nitrogens with two attached hydrogens (primary N) is 1. The number of nitrogens with one attached hydrogen (secondary N) is 1. The molecule has 130 valence electrons. The zero-order chi connectivity index (χ0) is 17.7. The van der Waals surface area contributed by atoms with Gasteiger partial charge in [0.2, 0.25) is 5.91 Å². The van der Waals surface area contributed by atoms with Gasteiger partial charge in [0, 0.05) is 31.8 Å². The number of ether oxygens (including phenoxy) is 1. The van der Waals surface area contributed by atoms with E-state index in [1.807, 2.05) is 50.1 Å². The molecule has 7 heteroatoms. The molecule has 1 unspecified atom stereocenters. The molecule has 0 radical (unpaired) electrons. The smallest absolute Gasteiger partial charge is 0.332 e. The Morgan fingerprint density at radius 3 is 2.26 bits per heavy atom. The van der Waals surface area contributed by atoms with Gasteiger partial charge in [0.1, 0.15) is 0 Å². The number of nitrogens with zero attached hydrogens (tertiary/aromatic N) is 2. The van der Waals surface area contributed by atoms with Gasteiger partial charge in [-0.2, -0.15) is 0 Å². The Labute approximate surface area is 138 Å². The monoisotopic (exact) mass is 324 g/mol. The van der Waals surface area contributed by atoms with Crippen molar-refractivity contribution >= 4 is 11.9 Å². The Bertz CT molecular complexity index is 443. The number of amides is 1. The van der Waals surface area contributed by atoms with Crippen LogP contribution in [0.4, 0.5) is 0 Å². The molecule has 1 amide bonds. The summed E-state index contributed by atoms with van der Waals surface area (Å²) < 4.78 is 4.90. The van der Waals surface area contributed by atoms with Gasteiger partial charge in [0.15, 0.2) is 6.23 Å². The van der Waals surface area contributed by atoms with Crippen LogP contribution in [-0.2, 0) is 14.3 Å². The van der Waals surface area contributed by atoms with Crippen molar-refractivity contribution in [1.82, 2.24) is 15.1 Å². The summed E-state index contributed by atoms with van der Waals surface area (Å²) in [6, 6.07) is 0. The molecule has 23 heavy (non-hydrogen) atoms. The number of rotatable bonds is 10. The van der Waals surface area contributed by atoms with E-state index in [0.717, 1.165) is 18.7 Å². The molecule has 3 N–H and O–H groups in total. The average Bonchev–Trinajstić information content (AvgIpc) is 2.44. The first-order valence-corrected chi connectivity index (χ1v) is 7.34. The molecular weight excluding hydrogens is 296 g/mol. The lowest BCUT2D eigenvalue weighted by molar-refractivity contribution is -0.140. The second-order valence-electron chi connectivity index (χ2n) is 5.40. The van der Waals surface area contributed by atoms with Crippen molar-refractivity contribution in [1.29, 1.82) is 0 Å². The van der Waals surface area contributed by atoms with Crippen molar-refractivity contribution in [3.63, 3.8) is 0 Å². The van der Waals surface area contributed by atoms with E-state index < -0.39 is 12.2 Å². The van der Waals surface area contributed by atoms with Crippen LogP contribution >= 0.6 is 0 Å². The van der Waals surface area contributed by atoms with E-state index in [9.17, 15) is 9.59 Å². The molecule has 0 aromatic rings. The summed E-state index contributed by atoms with van der Waals surface area (Å²) in [5, 5.41) is 2.62. The Kier molecular flexibility index (Phi) is 11.5. The summed E-state index contributed by atoms with van der Waals surface area (Å²) >= 11 is 0. The van der Waals surface area contributed by atoms with Crippen LogP contribution in [0.2, 0.25) is 0 Å². The SMILES string of the molecule is CN(C)CC=CCNC(=O)/C=C\C(=O)OC(N)C=CCN(C)C. The molecule has 0 rings (SSSR count). The fourth-order valence-electron chi connectivity index (χ4n) is 1.35. The Hall–Kier alpha value is -1.96. The first kappa shape index (κ1) is 21.0. The van der Waals surface area contributed by atoms with Crippen LogP contribution < -0.4 is 11.1 Å². The molecule has 0 aliphatic rings. The van der Waals surface area contributed by atoms with E-state index in [2.05, 4.69) is 5.32 Å². The van der Waals surface area contributed by atoms with Gasteiger partial charge in [0.25, 0.3) is 0 Å². The van der Waals surface area contributed by atoms with Gasteiger partial charge in [-0.1, -0.05) is 18.2 Å². The maximum absolute atomic E-state index is 11.5. The van der Waals surface area contributed by atoms with Crippen LogP contribution in [0.3, 0.4) is 0 Å². The first-order valence-electron chi connectivity index (χ1n) is 7.34. The Morgan fingerprint density at radius 2 is 1.65 bits per heavy atom. The van der Waals surface area contributed by atoms with Crippen molar-refractivity contribution in [3.05, 3.63) is 36.5 Å². The third-order valence-corrected chi connectivity index (χ3v) is 2.45. The van der Waals surface area contributed by atoms with Gasteiger partial charge in [0.05, 0.1) is 0 Å². The highest BCUT2D eigenvalue weighted by Gasteiger charge is 2.04. The number of carbonyl (C=O) groups is 2. The molecule has 7 nitrogen and oxygen atoms in total. The zero-order valence-corrected chi connectivity index (χ0v) is 14.4. The summed E-state index contributed by atoms with van der Waals surface area (Å²) in [6.45, 7) is 1.90. The van der Waals surface area contributed by atoms with Crippen LogP contribution in [0.1, 0.15) is 0 Å². The molecule has 0 fully saturated rings. The van der Waals surface area contributed by atoms with E-state index >= 15 is 0 Å². The standard InChI is InChI=1S/C16H28N4O3/c1-19(2)12-6-5-11-18-15(21)9-10-16(22)23-14(17)8-7-13-20(3)4/h5-10,14H,11-13,17H2,1-4H3,(H,18,21)/b6-5?,8-7?,10-9-. The molecule has 0 bridgehead atoms. The zero-order valence-electron chi connectivity index (χ0n) is 14.4. The maximum Gasteiger partial charge on any atom is 0.332 e. The minimum Gasteiger partial charge on any atom is -0.440 e. The lowest BCUT2D eigenvalue weighted by Crippen LogP contribution is -2.25. The van der Waals surface area contributed by atoms with Gasteiger partial charge < -0.3 is 19.9 Å². The van der Waals surface area contributed by atoms with E-state index in [4.69, 9.17) is 10.5 Å². The molecule has 0 aromatic heterocycles. The highest BCUT2D eigenvalue weighted by atomic mass is 16.5. The second kappa shape index (κ2) is 12.6. The first-order chi connectivity index (χ1) is 10.8. The van der Waals surface area contributed by atoms with Crippen molar-refractivity contribution in [2.75, 3.05) is 47.8 Å². The normalized spacial score (nSPS) is 13.5. The second-order valence-corrected chi connectivity index (χ2v) is 5.40. The Balaban J connectivity index is 3.99. The molecule has 0 spiro atoms. The fraction of sp³-hybridized carbons (Fsp3) is 0.500. The van der Waals surface area contributed by atoms with Gasteiger partial charge in [-0.05, 0) is 34.3 Å². The highest BCUT2D eigenvalue weighted by molar-refractivity contribution is 5.94. The fourth-order valence-corrected chi connectivity index (χ4v) is 1.35.